The van der Waals surface area contributed by atoms with E-state index >= 15 is 0 Å². The molecule has 68 valence electrons. The van der Waals surface area contributed by atoms with Crippen LogP contribution in [0.15, 0.2) is 30.3 Å². The standard InChI is InChI=1S/C8H7FN2O2/c9-11-8(13)7(12)10-6-4-2-1-3-5-6/h1-5H,(H,10,12)(H,11,13). The summed E-state index contributed by atoms with van der Waals surface area (Å²) in [6.45, 7) is 0. The molecule has 0 aliphatic heterocycles. The van der Waals surface area contributed by atoms with Crippen LogP contribution in [0.3, 0.4) is 0 Å². The van der Waals surface area contributed by atoms with E-state index in [1.165, 1.54) is 0 Å². The Kier molecular flexibility index (Phi) is 2.97. The number of hydrogen-bond donors (Lipinski definition) is 2. The van der Waals surface area contributed by atoms with Crippen molar-refractivity contribution in [1.29, 1.82) is 0 Å². The van der Waals surface area contributed by atoms with Crippen LogP contribution in [-0.4, -0.2) is 11.8 Å². The molecule has 0 atom stereocenters. The summed E-state index contributed by atoms with van der Waals surface area (Å²) in [5, 5.41) is 2.20. The number of halogens is 1. The van der Waals surface area contributed by atoms with Crippen LogP contribution < -0.4 is 10.9 Å². The summed E-state index contributed by atoms with van der Waals surface area (Å²) in [5.74, 6) is -2.35. The van der Waals surface area contributed by atoms with Crippen molar-refractivity contribution in [3.05, 3.63) is 30.3 Å². The maximum atomic E-state index is 11.5. The molecule has 1 aromatic rings. The van der Waals surface area contributed by atoms with Gasteiger partial charge in [-0.25, -0.2) is 0 Å². The average molecular weight is 182 g/mol. The molecule has 0 aromatic heterocycles. The van der Waals surface area contributed by atoms with Crippen LogP contribution >= 0.6 is 0 Å². The van der Waals surface area contributed by atoms with E-state index in [0.717, 1.165) is 5.54 Å². The smallest absolute Gasteiger partial charge is 0.318 e. The molecule has 0 spiro atoms. The quantitative estimate of drug-likeness (QED) is 0.494. The third-order valence-corrected chi connectivity index (χ3v) is 1.32. The average Bonchev–Trinajstić information content (AvgIpc) is 2.18. The zero-order valence-corrected chi connectivity index (χ0v) is 6.58. The van der Waals surface area contributed by atoms with Gasteiger partial charge in [-0.3, -0.25) is 9.59 Å². The molecule has 1 aromatic carbocycles. The van der Waals surface area contributed by atoms with Gasteiger partial charge in [-0.15, -0.1) is 0 Å². The highest BCUT2D eigenvalue weighted by Gasteiger charge is 2.12. The molecular formula is C8H7FN2O2. The molecular weight excluding hydrogens is 175 g/mol. The Morgan fingerprint density at radius 1 is 1.08 bits per heavy atom. The molecule has 0 saturated carbocycles. The summed E-state index contributed by atoms with van der Waals surface area (Å²) in [4.78, 5) is 21.2. The van der Waals surface area contributed by atoms with E-state index in [1.54, 1.807) is 30.3 Å². The molecule has 0 bridgehead atoms. The van der Waals surface area contributed by atoms with Crippen molar-refractivity contribution < 1.29 is 14.1 Å². The summed E-state index contributed by atoms with van der Waals surface area (Å²) in [6, 6.07) is 8.30. The lowest BCUT2D eigenvalue weighted by Gasteiger charge is -2.00. The fraction of sp³-hybridized carbons (Fsp3) is 0. The molecule has 4 nitrogen and oxygen atoms in total. The number of hydrogen-bond acceptors (Lipinski definition) is 2. The van der Waals surface area contributed by atoms with Crippen molar-refractivity contribution in [3.8, 4) is 0 Å². The molecule has 2 amide bonds. The number of amides is 2. The van der Waals surface area contributed by atoms with E-state index in [4.69, 9.17) is 0 Å². The van der Waals surface area contributed by atoms with Gasteiger partial charge in [-0.2, -0.15) is 5.54 Å². The second-order valence-electron chi connectivity index (χ2n) is 2.24. The SMILES string of the molecule is O=C(NF)C(=O)Nc1ccccc1. The largest absolute Gasteiger partial charge is 0.337 e. The molecule has 1 rings (SSSR count). The lowest BCUT2D eigenvalue weighted by atomic mass is 10.3. The van der Waals surface area contributed by atoms with Crippen LogP contribution in [0.5, 0.6) is 0 Å². The van der Waals surface area contributed by atoms with Gasteiger partial charge in [-0.1, -0.05) is 22.7 Å². The Bertz CT molecular complexity index is 313. The minimum atomic E-state index is -1.32. The summed E-state index contributed by atoms with van der Waals surface area (Å²) in [6.07, 6.45) is 0. The predicted molar refractivity (Wildman–Crippen MR) is 44.3 cm³/mol. The Balaban J connectivity index is 2.60. The van der Waals surface area contributed by atoms with Gasteiger partial charge in [-0.05, 0) is 12.1 Å². The molecule has 0 fully saturated rings. The van der Waals surface area contributed by atoms with Gasteiger partial charge < -0.3 is 5.32 Å². The van der Waals surface area contributed by atoms with E-state index in [1.807, 2.05) is 0 Å². The Morgan fingerprint density at radius 3 is 2.23 bits per heavy atom. The van der Waals surface area contributed by atoms with Crippen LogP contribution in [-0.2, 0) is 9.59 Å². The fourth-order valence-electron chi connectivity index (χ4n) is 0.752. The molecule has 0 unspecified atom stereocenters. The zero-order valence-electron chi connectivity index (χ0n) is 6.58. The van der Waals surface area contributed by atoms with E-state index in [9.17, 15) is 14.1 Å². The molecule has 0 radical (unpaired) electrons. The van der Waals surface area contributed by atoms with Crippen LogP contribution in [0.2, 0.25) is 0 Å². The Morgan fingerprint density at radius 2 is 1.69 bits per heavy atom. The van der Waals surface area contributed by atoms with E-state index in [2.05, 4.69) is 5.32 Å². The summed E-state index contributed by atoms with van der Waals surface area (Å²) < 4.78 is 11.5. The zero-order chi connectivity index (χ0) is 9.68. The summed E-state index contributed by atoms with van der Waals surface area (Å²) in [7, 11) is 0. The Hall–Kier alpha value is -1.91. The first-order chi connectivity index (χ1) is 6.24. The molecule has 2 N–H and O–H groups in total. The molecule has 5 heteroatoms. The van der Waals surface area contributed by atoms with Gasteiger partial charge in [0, 0.05) is 5.69 Å². The van der Waals surface area contributed by atoms with Crippen molar-refractivity contribution in [2.75, 3.05) is 5.32 Å². The number of benzene rings is 1. The minimum Gasteiger partial charge on any atom is -0.318 e. The van der Waals surface area contributed by atoms with E-state index in [0.29, 0.717) is 5.69 Å². The third-order valence-electron chi connectivity index (χ3n) is 1.32. The summed E-state index contributed by atoms with van der Waals surface area (Å²) in [5.41, 5.74) is 1.17. The van der Waals surface area contributed by atoms with Crippen LogP contribution in [0.1, 0.15) is 0 Å². The highest BCUT2D eigenvalue weighted by Crippen LogP contribution is 2.03. The second-order valence-corrected chi connectivity index (χ2v) is 2.24. The van der Waals surface area contributed by atoms with Gasteiger partial charge in [0.25, 0.3) is 0 Å². The molecule has 0 heterocycles. The maximum absolute atomic E-state index is 11.5. The lowest BCUT2D eigenvalue weighted by molar-refractivity contribution is -0.138. The number of anilines is 1. The van der Waals surface area contributed by atoms with Gasteiger partial charge >= 0.3 is 11.8 Å². The summed E-state index contributed by atoms with van der Waals surface area (Å²) >= 11 is 0. The van der Waals surface area contributed by atoms with Crippen LogP contribution in [0, 0.1) is 0 Å². The van der Waals surface area contributed by atoms with Crippen molar-refractivity contribution >= 4 is 17.5 Å². The lowest BCUT2D eigenvalue weighted by Crippen LogP contribution is -2.30. The van der Waals surface area contributed by atoms with E-state index < -0.39 is 11.8 Å². The van der Waals surface area contributed by atoms with Crippen molar-refractivity contribution in [1.82, 2.24) is 5.54 Å². The van der Waals surface area contributed by atoms with Gasteiger partial charge in [0.05, 0.1) is 0 Å². The predicted octanol–water partition coefficient (Wildman–Crippen LogP) is 0.626. The van der Waals surface area contributed by atoms with Crippen molar-refractivity contribution in [2.45, 2.75) is 0 Å². The Labute approximate surface area is 73.7 Å². The third kappa shape index (κ3) is 2.55. The maximum Gasteiger partial charge on any atom is 0.337 e. The molecule has 13 heavy (non-hydrogen) atoms. The van der Waals surface area contributed by atoms with Crippen LogP contribution in [0.25, 0.3) is 0 Å². The monoisotopic (exact) mass is 182 g/mol. The molecule has 0 aliphatic rings. The second kappa shape index (κ2) is 4.20. The highest BCUT2D eigenvalue weighted by molar-refractivity contribution is 6.39. The van der Waals surface area contributed by atoms with Gasteiger partial charge in [0.15, 0.2) is 0 Å². The van der Waals surface area contributed by atoms with Crippen molar-refractivity contribution in [3.63, 3.8) is 0 Å². The number of rotatable bonds is 1. The van der Waals surface area contributed by atoms with Crippen LogP contribution in [0.4, 0.5) is 10.2 Å². The minimum absolute atomic E-state index is 0.441. The molecule has 0 aliphatic carbocycles. The first-order valence-corrected chi connectivity index (χ1v) is 3.51. The number of carbonyl (C=O) groups excluding carboxylic acids is 2. The fourth-order valence-corrected chi connectivity index (χ4v) is 0.752. The van der Waals surface area contributed by atoms with Gasteiger partial charge in [0.1, 0.15) is 0 Å². The van der Waals surface area contributed by atoms with Gasteiger partial charge in [0.2, 0.25) is 0 Å². The topological polar surface area (TPSA) is 58.2 Å². The number of para-hydroxylation sites is 1. The first kappa shape index (κ1) is 9.18. The number of nitrogens with one attached hydrogen (secondary N) is 2. The first-order valence-electron chi connectivity index (χ1n) is 3.51. The molecule has 0 saturated heterocycles. The highest BCUT2D eigenvalue weighted by atomic mass is 19.2. The van der Waals surface area contributed by atoms with E-state index in [-0.39, 0.29) is 0 Å². The number of carbonyl (C=O) groups is 2. The normalized spacial score (nSPS) is 9.00. The van der Waals surface area contributed by atoms with Crippen molar-refractivity contribution in [2.24, 2.45) is 0 Å².